The lowest BCUT2D eigenvalue weighted by atomic mass is 10.2. The molecule has 0 spiro atoms. The fourth-order valence-electron chi connectivity index (χ4n) is 2.41. The van der Waals surface area contributed by atoms with E-state index in [9.17, 15) is 13.2 Å². The third-order valence-corrected chi connectivity index (χ3v) is 5.78. The molecule has 2 rings (SSSR count). The molecule has 1 N–H and O–H groups in total. The molecule has 1 heterocycles. The van der Waals surface area contributed by atoms with Crippen molar-refractivity contribution in [3.8, 4) is 6.07 Å². The molecule has 1 amide bonds. The van der Waals surface area contributed by atoms with Gasteiger partial charge in [0.05, 0.1) is 23.1 Å². The third kappa shape index (κ3) is 3.88. The monoisotopic (exact) mass is 336 g/mol. The molecule has 124 valence electrons. The van der Waals surface area contributed by atoms with Crippen LogP contribution in [0.4, 0.5) is 0 Å². The Morgan fingerprint density at radius 2 is 2.04 bits per heavy atom. The Balaban J connectivity index is 2.18. The first kappa shape index (κ1) is 17.4. The molecule has 7 nitrogen and oxygen atoms in total. The summed E-state index contributed by atoms with van der Waals surface area (Å²) in [6.45, 7) is 4.04. The second-order valence-corrected chi connectivity index (χ2v) is 7.50. The van der Waals surface area contributed by atoms with Gasteiger partial charge in [-0.2, -0.15) is 9.57 Å². The van der Waals surface area contributed by atoms with Crippen LogP contribution in [0, 0.1) is 18.3 Å². The number of benzene rings is 1. The molecule has 8 heteroatoms. The van der Waals surface area contributed by atoms with Gasteiger partial charge in [-0.05, 0) is 24.6 Å². The molecule has 0 aliphatic carbocycles. The van der Waals surface area contributed by atoms with Crippen LogP contribution in [0.1, 0.15) is 11.1 Å². The number of rotatable bonds is 4. The Bertz CT molecular complexity index is 734. The number of piperazine rings is 1. The number of nitrogens with one attached hydrogen (secondary N) is 1. The van der Waals surface area contributed by atoms with Crippen molar-refractivity contribution < 1.29 is 13.2 Å². The maximum Gasteiger partial charge on any atom is 0.243 e. The molecule has 23 heavy (non-hydrogen) atoms. The number of nitriles is 1. The van der Waals surface area contributed by atoms with Crippen molar-refractivity contribution in [3.05, 3.63) is 29.3 Å². The van der Waals surface area contributed by atoms with Crippen LogP contribution in [0.15, 0.2) is 23.1 Å². The molecule has 0 radical (unpaired) electrons. The fraction of sp³-hybridized carbons (Fsp3) is 0.467. The van der Waals surface area contributed by atoms with E-state index in [-0.39, 0.29) is 22.9 Å². The average molecular weight is 336 g/mol. The van der Waals surface area contributed by atoms with Crippen molar-refractivity contribution in [2.45, 2.75) is 11.8 Å². The number of hydrogen-bond donors (Lipinski definition) is 1. The Morgan fingerprint density at radius 1 is 1.39 bits per heavy atom. The number of nitrogens with zero attached hydrogens (tertiary/aromatic N) is 3. The number of likely N-dealkylation sites (N-methyl/N-ethyl adjacent to an activating group) is 1. The van der Waals surface area contributed by atoms with E-state index in [1.807, 2.05) is 6.07 Å². The van der Waals surface area contributed by atoms with Gasteiger partial charge in [0.25, 0.3) is 0 Å². The summed E-state index contributed by atoms with van der Waals surface area (Å²) in [5, 5.41) is 12.1. The molecular formula is C15H20N4O3S. The van der Waals surface area contributed by atoms with E-state index in [0.29, 0.717) is 31.7 Å². The lowest BCUT2D eigenvalue weighted by molar-refractivity contribution is -0.131. The number of carbonyl (C=O) groups excluding carboxylic acids is 1. The Kier molecular flexibility index (Phi) is 5.36. The standard InChI is InChI=1S/C15H20N4O3S/c1-12-3-4-13(10-16)9-14(12)23(21,22)18(2)11-15(20)19-7-5-17-6-8-19/h3-4,9,17H,5-8,11H2,1-2H3. The topological polar surface area (TPSA) is 93.5 Å². The van der Waals surface area contributed by atoms with E-state index in [0.717, 1.165) is 4.31 Å². The third-order valence-electron chi connectivity index (χ3n) is 3.83. The highest BCUT2D eigenvalue weighted by Gasteiger charge is 2.27. The molecule has 1 aromatic rings. The van der Waals surface area contributed by atoms with E-state index in [2.05, 4.69) is 5.32 Å². The molecule has 0 saturated carbocycles. The van der Waals surface area contributed by atoms with Crippen LogP contribution < -0.4 is 5.32 Å². The minimum atomic E-state index is -3.82. The molecule has 1 saturated heterocycles. The van der Waals surface area contributed by atoms with Gasteiger partial charge in [0.15, 0.2) is 0 Å². The predicted molar refractivity (Wildman–Crippen MR) is 85.2 cm³/mol. The Morgan fingerprint density at radius 3 is 2.65 bits per heavy atom. The zero-order valence-corrected chi connectivity index (χ0v) is 14.1. The number of aryl methyl sites for hydroxylation is 1. The summed E-state index contributed by atoms with van der Waals surface area (Å²) in [5.74, 6) is -0.216. The highest BCUT2D eigenvalue weighted by molar-refractivity contribution is 7.89. The second kappa shape index (κ2) is 7.08. The van der Waals surface area contributed by atoms with Gasteiger partial charge in [0.1, 0.15) is 0 Å². The van der Waals surface area contributed by atoms with Gasteiger partial charge >= 0.3 is 0 Å². The van der Waals surface area contributed by atoms with Gasteiger partial charge in [-0.1, -0.05) is 6.07 Å². The van der Waals surface area contributed by atoms with Gasteiger partial charge in [0.2, 0.25) is 15.9 Å². The lowest BCUT2D eigenvalue weighted by Gasteiger charge is -2.29. The van der Waals surface area contributed by atoms with Crippen LogP contribution >= 0.6 is 0 Å². The van der Waals surface area contributed by atoms with Gasteiger partial charge < -0.3 is 10.2 Å². The molecule has 1 aliphatic heterocycles. The highest BCUT2D eigenvalue weighted by atomic mass is 32.2. The number of amides is 1. The summed E-state index contributed by atoms with van der Waals surface area (Å²) in [6.07, 6.45) is 0. The van der Waals surface area contributed by atoms with Crippen molar-refractivity contribution in [1.82, 2.24) is 14.5 Å². The van der Waals surface area contributed by atoms with Crippen LogP contribution in [0.5, 0.6) is 0 Å². The molecule has 0 aromatic heterocycles. The summed E-state index contributed by atoms with van der Waals surface area (Å²) < 4.78 is 26.4. The molecule has 1 aromatic carbocycles. The van der Waals surface area contributed by atoms with Crippen LogP contribution in [0.3, 0.4) is 0 Å². The van der Waals surface area contributed by atoms with Gasteiger partial charge in [-0.3, -0.25) is 4.79 Å². The normalized spacial score (nSPS) is 15.5. The lowest BCUT2D eigenvalue weighted by Crippen LogP contribution is -2.49. The van der Waals surface area contributed by atoms with Crippen LogP contribution in [0.2, 0.25) is 0 Å². The SMILES string of the molecule is Cc1ccc(C#N)cc1S(=O)(=O)N(C)CC(=O)N1CCNCC1. The first-order chi connectivity index (χ1) is 10.9. The predicted octanol–water partition coefficient (Wildman–Crippen LogP) is -0.0810. The number of carbonyl (C=O) groups is 1. The van der Waals surface area contributed by atoms with Crippen LogP contribution in [-0.2, 0) is 14.8 Å². The summed E-state index contributed by atoms with van der Waals surface area (Å²) in [4.78, 5) is 14.0. The van der Waals surface area contributed by atoms with Gasteiger partial charge in [0, 0.05) is 33.2 Å². The molecule has 1 aliphatic rings. The maximum absolute atomic E-state index is 12.7. The van der Waals surface area contributed by atoms with Crippen molar-refractivity contribution in [1.29, 1.82) is 5.26 Å². The van der Waals surface area contributed by atoms with Crippen LogP contribution in [-0.4, -0.2) is 63.3 Å². The quantitative estimate of drug-likeness (QED) is 0.830. The van der Waals surface area contributed by atoms with Crippen LogP contribution in [0.25, 0.3) is 0 Å². The minimum Gasteiger partial charge on any atom is -0.339 e. The van der Waals surface area contributed by atoms with Crippen molar-refractivity contribution in [2.75, 3.05) is 39.8 Å². The van der Waals surface area contributed by atoms with Crippen molar-refractivity contribution in [2.24, 2.45) is 0 Å². The van der Waals surface area contributed by atoms with E-state index >= 15 is 0 Å². The Hall–Kier alpha value is -1.95. The van der Waals surface area contributed by atoms with E-state index < -0.39 is 10.0 Å². The van der Waals surface area contributed by atoms with Crippen molar-refractivity contribution >= 4 is 15.9 Å². The molecular weight excluding hydrogens is 316 g/mol. The van der Waals surface area contributed by atoms with E-state index in [4.69, 9.17) is 5.26 Å². The average Bonchev–Trinajstić information content (AvgIpc) is 2.55. The fourth-order valence-corrected chi connectivity index (χ4v) is 3.77. The highest BCUT2D eigenvalue weighted by Crippen LogP contribution is 2.20. The first-order valence-corrected chi connectivity index (χ1v) is 8.76. The zero-order valence-electron chi connectivity index (χ0n) is 13.2. The summed E-state index contributed by atoms with van der Waals surface area (Å²) in [6, 6.07) is 6.44. The molecule has 0 bridgehead atoms. The number of hydrogen-bond acceptors (Lipinski definition) is 5. The summed E-state index contributed by atoms with van der Waals surface area (Å²) >= 11 is 0. The molecule has 1 fully saturated rings. The second-order valence-electron chi connectivity index (χ2n) is 5.48. The maximum atomic E-state index is 12.7. The first-order valence-electron chi connectivity index (χ1n) is 7.32. The summed E-state index contributed by atoms with van der Waals surface area (Å²) in [7, 11) is -2.43. The smallest absolute Gasteiger partial charge is 0.243 e. The number of sulfonamides is 1. The van der Waals surface area contributed by atoms with E-state index in [1.165, 1.54) is 13.1 Å². The summed E-state index contributed by atoms with van der Waals surface area (Å²) in [5.41, 5.74) is 0.821. The van der Waals surface area contributed by atoms with Gasteiger partial charge in [-0.25, -0.2) is 8.42 Å². The van der Waals surface area contributed by atoms with Crippen molar-refractivity contribution in [3.63, 3.8) is 0 Å². The Labute approximate surface area is 136 Å². The molecule has 0 atom stereocenters. The largest absolute Gasteiger partial charge is 0.339 e. The molecule has 0 unspecified atom stereocenters. The van der Waals surface area contributed by atoms with Gasteiger partial charge in [-0.15, -0.1) is 0 Å². The minimum absolute atomic E-state index is 0.0622. The zero-order chi connectivity index (χ0) is 17.0. The van der Waals surface area contributed by atoms with E-state index in [1.54, 1.807) is 24.0 Å².